The number of hydrogen-bond donors (Lipinski definition) is 1. The third-order valence-corrected chi connectivity index (χ3v) is 6.12. The molecule has 0 aromatic heterocycles. The Morgan fingerprint density at radius 1 is 1.12 bits per heavy atom. The minimum Gasteiger partial charge on any atom is -0.370 e. The van der Waals surface area contributed by atoms with Gasteiger partial charge in [0.2, 0.25) is 0 Å². The third kappa shape index (κ3) is 2.71. The zero-order valence-electron chi connectivity index (χ0n) is 14.1. The summed E-state index contributed by atoms with van der Waals surface area (Å²) in [4.78, 5) is 7.08. The number of aliphatic imine (C=N–C) groups is 1. The SMILES string of the molecule is CC1CN(C(N)=NC2CCCCC2)c2ccc3c(Br)cccc3c21. The molecule has 1 aliphatic carbocycles. The molecule has 4 heteroatoms. The minimum absolute atomic E-state index is 0.410. The van der Waals surface area contributed by atoms with Gasteiger partial charge < -0.3 is 10.6 Å². The minimum atomic E-state index is 0.410. The molecule has 2 aromatic carbocycles. The number of halogens is 1. The predicted molar refractivity (Wildman–Crippen MR) is 106 cm³/mol. The smallest absolute Gasteiger partial charge is 0.196 e. The normalized spacial score (nSPS) is 22.2. The Morgan fingerprint density at radius 3 is 2.71 bits per heavy atom. The van der Waals surface area contributed by atoms with Gasteiger partial charge in [0, 0.05) is 22.6 Å². The molecular formula is C20H24BrN3. The fraction of sp³-hybridized carbons (Fsp3) is 0.450. The number of nitrogens with two attached hydrogens (primary N) is 1. The lowest BCUT2D eigenvalue weighted by Crippen LogP contribution is -2.37. The average Bonchev–Trinajstić information content (AvgIpc) is 2.94. The largest absolute Gasteiger partial charge is 0.370 e. The van der Waals surface area contributed by atoms with Crippen LogP contribution < -0.4 is 10.6 Å². The predicted octanol–water partition coefficient (Wildman–Crippen LogP) is 5.17. The second-order valence-corrected chi connectivity index (χ2v) is 7.98. The third-order valence-electron chi connectivity index (χ3n) is 5.43. The molecule has 0 radical (unpaired) electrons. The van der Waals surface area contributed by atoms with E-state index in [0.717, 1.165) is 11.0 Å². The van der Waals surface area contributed by atoms with Crippen molar-refractivity contribution in [2.45, 2.75) is 51.0 Å². The maximum absolute atomic E-state index is 6.43. The van der Waals surface area contributed by atoms with Gasteiger partial charge in [0.05, 0.1) is 6.04 Å². The lowest BCUT2D eigenvalue weighted by atomic mass is 9.96. The number of rotatable bonds is 1. The van der Waals surface area contributed by atoms with Crippen LogP contribution in [-0.2, 0) is 0 Å². The van der Waals surface area contributed by atoms with Crippen molar-refractivity contribution < 1.29 is 0 Å². The maximum atomic E-state index is 6.43. The van der Waals surface area contributed by atoms with Crippen molar-refractivity contribution in [1.29, 1.82) is 0 Å². The fourth-order valence-electron chi connectivity index (χ4n) is 4.23. The van der Waals surface area contributed by atoms with E-state index in [1.165, 1.54) is 54.1 Å². The molecule has 4 rings (SSSR count). The zero-order chi connectivity index (χ0) is 16.7. The van der Waals surface area contributed by atoms with Crippen molar-refractivity contribution in [2.75, 3.05) is 11.4 Å². The molecule has 1 heterocycles. The van der Waals surface area contributed by atoms with Crippen LogP contribution in [-0.4, -0.2) is 18.5 Å². The highest BCUT2D eigenvalue weighted by Crippen LogP contribution is 2.42. The van der Waals surface area contributed by atoms with E-state index < -0.39 is 0 Å². The molecule has 126 valence electrons. The molecule has 1 saturated carbocycles. The number of guanidine groups is 1. The van der Waals surface area contributed by atoms with Crippen LogP contribution in [0.15, 0.2) is 39.8 Å². The van der Waals surface area contributed by atoms with E-state index in [-0.39, 0.29) is 0 Å². The summed E-state index contributed by atoms with van der Waals surface area (Å²) in [6.45, 7) is 3.20. The van der Waals surface area contributed by atoms with Crippen molar-refractivity contribution >= 4 is 38.3 Å². The molecule has 1 fully saturated rings. The number of nitrogens with zero attached hydrogens (tertiary/aromatic N) is 2. The van der Waals surface area contributed by atoms with Crippen molar-refractivity contribution in [3.05, 3.63) is 40.4 Å². The summed E-state index contributed by atoms with van der Waals surface area (Å²) < 4.78 is 1.15. The Labute approximate surface area is 152 Å². The van der Waals surface area contributed by atoms with Gasteiger partial charge in [0.1, 0.15) is 0 Å². The summed E-state index contributed by atoms with van der Waals surface area (Å²) in [7, 11) is 0. The van der Waals surface area contributed by atoms with Gasteiger partial charge in [-0.25, -0.2) is 4.99 Å². The van der Waals surface area contributed by atoms with Gasteiger partial charge in [0.15, 0.2) is 5.96 Å². The van der Waals surface area contributed by atoms with Gasteiger partial charge in [-0.3, -0.25) is 0 Å². The van der Waals surface area contributed by atoms with Gasteiger partial charge in [-0.05, 0) is 41.3 Å². The molecule has 1 atom stereocenters. The van der Waals surface area contributed by atoms with Crippen LogP contribution in [0.5, 0.6) is 0 Å². The second-order valence-electron chi connectivity index (χ2n) is 7.12. The van der Waals surface area contributed by atoms with Crippen molar-refractivity contribution in [1.82, 2.24) is 0 Å². The van der Waals surface area contributed by atoms with Crippen molar-refractivity contribution in [3.8, 4) is 0 Å². The molecule has 0 saturated heterocycles. The quantitative estimate of drug-likeness (QED) is 0.543. The van der Waals surface area contributed by atoms with Crippen molar-refractivity contribution in [3.63, 3.8) is 0 Å². The zero-order valence-corrected chi connectivity index (χ0v) is 15.7. The molecule has 3 nitrogen and oxygen atoms in total. The Bertz CT molecular complexity index is 793. The molecule has 0 amide bonds. The van der Waals surface area contributed by atoms with Crippen LogP contribution in [0, 0.1) is 0 Å². The molecule has 1 unspecified atom stereocenters. The van der Waals surface area contributed by atoms with E-state index in [1.54, 1.807) is 0 Å². The van der Waals surface area contributed by atoms with Gasteiger partial charge in [0.25, 0.3) is 0 Å². The molecule has 2 aliphatic rings. The first-order chi connectivity index (χ1) is 11.6. The van der Waals surface area contributed by atoms with Crippen LogP contribution in [0.25, 0.3) is 10.8 Å². The summed E-state index contributed by atoms with van der Waals surface area (Å²) >= 11 is 3.67. The molecule has 2 N–H and O–H groups in total. The van der Waals surface area contributed by atoms with Crippen LogP contribution in [0.4, 0.5) is 5.69 Å². The summed E-state index contributed by atoms with van der Waals surface area (Å²) in [6, 6.07) is 11.2. The molecule has 24 heavy (non-hydrogen) atoms. The van der Waals surface area contributed by atoms with Crippen LogP contribution in [0.3, 0.4) is 0 Å². The first-order valence-corrected chi connectivity index (χ1v) is 9.76. The molecule has 1 aliphatic heterocycles. The van der Waals surface area contributed by atoms with Gasteiger partial charge in [-0.2, -0.15) is 0 Å². The molecule has 2 aromatic rings. The monoisotopic (exact) mass is 385 g/mol. The van der Waals surface area contributed by atoms with Gasteiger partial charge in [-0.1, -0.05) is 60.3 Å². The Balaban J connectivity index is 1.73. The number of hydrogen-bond acceptors (Lipinski definition) is 1. The summed E-state index contributed by atoms with van der Waals surface area (Å²) in [5.74, 6) is 1.15. The van der Waals surface area contributed by atoms with E-state index in [1.807, 2.05) is 0 Å². The second kappa shape index (κ2) is 6.40. The number of anilines is 1. The van der Waals surface area contributed by atoms with E-state index in [9.17, 15) is 0 Å². The van der Waals surface area contributed by atoms with E-state index in [4.69, 9.17) is 10.7 Å². The molecule has 0 spiro atoms. The number of fused-ring (bicyclic) bond motifs is 3. The topological polar surface area (TPSA) is 41.6 Å². The highest BCUT2D eigenvalue weighted by molar-refractivity contribution is 9.10. The Hall–Kier alpha value is -1.55. The standard InChI is InChI=1S/C20H24BrN3/c1-13-12-24(20(22)23-14-6-3-2-4-7-14)18-11-10-15-16(19(13)18)8-5-9-17(15)21/h5,8-11,13-14H,2-4,6-7,12H2,1H3,(H2,22,23). The lowest BCUT2D eigenvalue weighted by Gasteiger charge is -2.23. The average molecular weight is 386 g/mol. The van der Waals surface area contributed by atoms with E-state index >= 15 is 0 Å². The Morgan fingerprint density at radius 2 is 1.92 bits per heavy atom. The maximum Gasteiger partial charge on any atom is 0.196 e. The highest BCUT2D eigenvalue weighted by Gasteiger charge is 2.30. The molecule has 0 bridgehead atoms. The van der Waals surface area contributed by atoms with Gasteiger partial charge in [-0.15, -0.1) is 0 Å². The Kier molecular flexibility index (Phi) is 4.25. The molecular weight excluding hydrogens is 362 g/mol. The van der Waals surface area contributed by atoms with Crippen molar-refractivity contribution in [2.24, 2.45) is 10.7 Å². The first kappa shape index (κ1) is 15.9. The summed E-state index contributed by atoms with van der Waals surface area (Å²) in [5, 5.41) is 2.59. The fourth-order valence-corrected chi connectivity index (χ4v) is 4.73. The van der Waals surface area contributed by atoms with Crippen LogP contribution >= 0.6 is 15.9 Å². The van der Waals surface area contributed by atoms with E-state index in [0.29, 0.717) is 17.9 Å². The highest BCUT2D eigenvalue weighted by atomic mass is 79.9. The first-order valence-electron chi connectivity index (χ1n) is 8.97. The number of benzene rings is 2. The lowest BCUT2D eigenvalue weighted by molar-refractivity contribution is 0.442. The van der Waals surface area contributed by atoms with Crippen LogP contribution in [0.2, 0.25) is 0 Å². The van der Waals surface area contributed by atoms with E-state index in [2.05, 4.69) is 58.1 Å². The summed E-state index contributed by atoms with van der Waals surface area (Å²) in [6.07, 6.45) is 6.28. The van der Waals surface area contributed by atoms with Gasteiger partial charge >= 0.3 is 0 Å². The van der Waals surface area contributed by atoms with Crippen LogP contribution in [0.1, 0.15) is 50.5 Å². The summed E-state index contributed by atoms with van der Waals surface area (Å²) in [5.41, 5.74) is 9.05.